The zero-order valence-corrected chi connectivity index (χ0v) is 13.9. The molecule has 1 aliphatic rings. The highest BCUT2D eigenvalue weighted by molar-refractivity contribution is 5.73. The first-order chi connectivity index (χ1) is 11.3. The summed E-state index contributed by atoms with van der Waals surface area (Å²) >= 11 is 0. The van der Waals surface area contributed by atoms with Crippen molar-refractivity contribution in [3.05, 3.63) is 35.4 Å². The van der Waals surface area contributed by atoms with E-state index in [1.807, 2.05) is 0 Å². The Labute approximate surface area is 140 Å². The van der Waals surface area contributed by atoms with Crippen molar-refractivity contribution >= 4 is 6.03 Å². The lowest BCUT2D eigenvalue weighted by Gasteiger charge is -2.22. The molecule has 4 nitrogen and oxygen atoms in total. The number of carbonyl (C=O) groups excluding carboxylic acids is 1. The molecule has 0 unspecified atom stereocenters. The normalized spacial score (nSPS) is 19.1. The van der Waals surface area contributed by atoms with Crippen LogP contribution in [0.3, 0.4) is 0 Å². The van der Waals surface area contributed by atoms with Gasteiger partial charge >= 0.3 is 12.2 Å². The van der Waals surface area contributed by atoms with Crippen molar-refractivity contribution in [1.29, 1.82) is 0 Å². The van der Waals surface area contributed by atoms with Gasteiger partial charge < -0.3 is 15.0 Å². The number of halogens is 3. The average Bonchev–Trinajstić information content (AvgIpc) is 3.04. The maximum atomic E-state index is 12.8. The van der Waals surface area contributed by atoms with Crippen molar-refractivity contribution in [2.24, 2.45) is 5.92 Å². The van der Waals surface area contributed by atoms with E-state index in [2.05, 4.69) is 5.32 Å². The van der Waals surface area contributed by atoms with Gasteiger partial charge in [0.2, 0.25) is 0 Å². The minimum absolute atomic E-state index is 0.209. The molecule has 7 heteroatoms. The van der Waals surface area contributed by atoms with E-state index in [0.29, 0.717) is 24.6 Å². The number of amides is 2. The summed E-state index contributed by atoms with van der Waals surface area (Å²) in [5.74, 6) is 0.140. The molecule has 0 aromatic heterocycles. The summed E-state index contributed by atoms with van der Waals surface area (Å²) in [5.41, 5.74) is -0.117. The number of rotatable bonds is 5. The van der Waals surface area contributed by atoms with Crippen molar-refractivity contribution in [2.75, 3.05) is 33.4 Å². The number of hydrogen-bond donors (Lipinski definition) is 1. The predicted molar refractivity (Wildman–Crippen MR) is 84.8 cm³/mol. The summed E-state index contributed by atoms with van der Waals surface area (Å²) in [5, 5.41) is 2.78. The minimum Gasteiger partial charge on any atom is -0.381 e. The molecule has 1 aromatic carbocycles. The van der Waals surface area contributed by atoms with E-state index in [9.17, 15) is 18.0 Å². The quantitative estimate of drug-likeness (QED) is 0.888. The fourth-order valence-corrected chi connectivity index (χ4v) is 2.71. The first kappa shape index (κ1) is 18.6. The molecule has 1 saturated heterocycles. The van der Waals surface area contributed by atoms with Gasteiger partial charge in [-0.05, 0) is 24.0 Å². The van der Waals surface area contributed by atoms with E-state index >= 15 is 0 Å². The fourth-order valence-electron chi connectivity index (χ4n) is 2.71. The van der Waals surface area contributed by atoms with Crippen LogP contribution in [0.25, 0.3) is 0 Å². The van der Waals surface area contributed by atoms with E-state index in [1.54, 1.807) is 24.9 Å². The molecule has 2 atom stereocenters. The SMILES string of the molecule is C[C@@H](CNC(=O)N(C)C[C@@H]1CCOC1)c1cccc(C(F)(F)F)c1. The van der Waals surface area contributed by atoms with Crippen LogP contribution in [0.15, 0.2) is 24.3 Å². The molecule has 2 amide bonds. The predicted octanol–water partition coefficient (Wildman–Crippen LogP) is 3.49. The Balaban J connectivity index is 1.85. The highest BCUT2D eigenvalue weighted by Crippen LogP contribution is 2.31. The first-order valence-corrected chi connectivity index (χ1v) is 8.01. The van der Waals surface area contributed by atoms with Crippen LogP contribution in [0.4, 0.5) is 18.0 Å². The molecular weight excluding hydrogens is 321 g/mol. The molecule has 1 aromatic rings. The number of hydrogen-bond acceptors (Lipinski definition) is 2. The number of urea groups is 1. The lowest BCUT2D eigenvalue weighted by atomic mass is 9.99. The highest BCUT2D eigenvalue weighted by Gasteiger charge is 2.30. The number of ether oxygens (including phenoxy) is 1. The molecule has 1 heterocycles. The molecule has 1 N–H and O–H groups in total. The van der Waals surface area contributed by atoms with Crippen molar-refractivity contribution < 1.29 is 22.7 Å². The Morgan fingerprint density at radius 3 is 2.83 bits per heavy atom. The number of nitrogens with one attached hydrogen (secondary N) is 1. The second-order valence-electron chi connectivity index (χ2n) is 6.32. The summed E-state index contributed by atoms with van der Waals surface area (Å²) in [4.78, 5) is 13.7. The van der Waals surface area contributed by atoms with Gasteiger partial charge in [-0.15, -0.1) is 0 Å². The molecular formula is C17H23F3N2O2. The lowest BCUT2D eigenvalue weighted by Crippen LogP contribution is -2.41. The fraction of sp³-hybridized carbons (Fsp3) is 0.588. The maximum Gasteiger partial charge on any atom is 0.416 e. The van der Waals surface area contributed by atoms with E-state index < -0.39 is 11.7 Å². The summed E-state index contributed by atoms with van der Waals surface area (Å²) < 4.78 is 43.6. The number of carbonyl (C=O) groups is 1. The standard InChI is InChI=1S/C17H23F3N2O2/c1-12(14-4-3-5-15(8-14)17(18,19)20)9-21-16(23)22(2)10-13-6-7-24-11-13/h3-5,8,12-13H,6-7,9-11H2,1-2H3,(H,21,23)/t12-,13-/m0/s1. The smallest absolute Gasteiger partial charge is 0.381 e. The van der Waals surface area contributed by atoms with Gasteiger partial charge in [-0.25, -0.2) is 4.79 Å². The first-order valence-electron chi connectivity index (χ1n) is 8.01. The topological polar surface area (TPSA) is 41.6 Å². The van der Waals surface area contributed by atoms with E-state index in [-0.39, 0.29) is 18.5 Å². The third-order valence-corrected chi connectivity index (χ3v) is 4.25. The van der Waals surface area contributed by atoms with Crippen LogP contribution in [0.2, 0.25) is 0 Å². The molecule has 2 rings (SSSR count). The second-order valence-corrected chi connectivity index (χ2v) is 6.32. The molecule has 0 saturated carbocycles. The number of benzene rings is 1. The van der Waals surface area contributed by atoms with E-state index in [1.165, 1.54) is 6.07 Å². The van der Waals surface area contributed by atoms with Crippen LogP contribution < -0.4 is 5.32 Å². The number of alkyl halides is 3. The zero-order chi connectivity index (χ0) is 17.7. The van der Waals surface area contributed by atoms with Gasteiger partial charge in [-0.1, -0.05) is 25.1 Å². The second kappa shape index (κ2) is 7.88. The van der Waals surface area contributed by atoms with Crippen molar-refractivity contribution in [1.82, 2.24) is 10.2 Å². The molecule has 1 aliphatic heterocycles. The van der Waals surface area contributed by atoms with Gasteiger partial charge in [0, 0.05) is 32.7 Å². The van der Waals surface area contributed by atoms with Gasteiger partial charge in [0.25, 0.3) is 0 Å². The lowest BCUT2D eigenvalue weighted by molar-refractivity contribution is -0.137. The molecule has 24 heavy (non-hydrogen) atoms. The Hall–Kier alpha value is -1.76. The summed E-state index contributed by atoms with van der Waals surface area (Å²) in [7, 11) is 1.71. The van der Waals surface area contributed by atoms with Crippen LogP contribution in [0, 0.1) is 5.92 Å². The van der Waals surface area contributed by atoms with Gasteiger partial charge in [0.1, 0.15) is 0 Å². The molecule has 0 radical (unpaired) electrons. The highest BCUT2D eigenvalue weighted by atomic mass is 19.4. The molecule has 0 aliphatic carbocycles. The maximum absolute atomic E-state index is 12.8. The summed E-state index contributed by atoms with van der Waals surface area (Å²) in [6.07, 6.45) is -3.42. The summed E-state index contributed by atoms with van der Waals surface area (Å²) in [6, 6.07) is 5.00. The monoisotopic (exact) mass is 344 g/mol. The molecule has 0 bridgehead atoms. The molecule has 0 spiro atoms. The van der Waals surface area contributed by atoms with Crippen molar-refractivity contribution in [3.8, 4) is 0 Å². The number of nitrogens with zero attached hydrogens (tertiary/aromatic N) is 1. The van der Waals surface area contributed by atoms with Crippen LogP contribution in [0.5, 0.6) is 0 Å². The van der Waals surface area contributed by atoms with Crippen LogP contribution in [0.1, 0.15) is 30.4 Å². The van der Waals surface area contributed by atoms with Gasteiger partial charge in [-0.3, -0.25) is 0 Å². The molecule has 134 valence electrons. The van der Waals surface area contributed by atoms with Gasteiger partial charge in [0.15, 0.2) is 0 Å². The van der Waals surface area contributed by atoms with Crippen LogP contribution in [-0.2, 0) is 10.9 Å². The van der Waals surface area contributed by atoms with Gasteiger partial charge in [0.05, 0.1) is 12.2 Å². The van der Waals surface area contributed by atoms with Crippen LogP contribution >= 0.6 is 0 Å². The molecule has 1 fully saturated rings. The van der Waals surface area contributed by atoms with Crippen molar-refractivity contribution in [2.45, 2.75) is 25.4 Å². The van der Waals surface area contributed by atoms with Gasteiger partial charge in [-0.2, -0.15) is 13.2 Å². The zero-order valence-electron chi connectivity index (χ0n) is 13.9. The van der Waals surface area contributed by atoms with Crippen LogP contribution in [-0.4, -0.2) is 44.3 Å². The Bertz CT molecular complexity index is 557. The largest absolute Gasteiger partial charge is 0.416 e. The third kappa shape index (κ3) is 5.12. The Morgan fingerprint density at radius 2 is 2.21 bits per heavy atom. The third-order valence-electron chi connectivity index (χ3n) is 4.25. The summed E-state index contributed by atoms with van der Waals surface area (Å²) in [6.45, 7) is 4.08. The van der Waals surface area contributed by atoms with Crippen molar-refractivity contribution in [3.63, 3.8) is 0 Å². The minimum atomic E-state index is -4.36. The van der Waals surface area contributed by atoms with E-state index in [0.717, 1.165) is 25.2 Å². The Kier molecular flexibility index (Phi) is 6.10. The Morgan fingerprint density at radius 1 is 1.46 bits per heavy atom. The van der Waals surface area contributed by atoms with E-state index in [4.69, 9.17) is 4.74 Å². The average molecular weight is 344 g/mol.